The zero-order valence-electron chi connectivity index (χ0n) is 14.1. The highest BCUT2D eigenvalue weighted by atomic mass is 19.1. The summed E-state index contributed by atoms with van der Waals surface area (Å²) in [4.78, 5) is 19.0. The number of nitrogens with zero attached hydrogens (tertiary/aromatic N) is 4. The number of aromatic amines is 1. The number of aromatic nitrogens is 4. The number of likely N-dealkylation sites (tertiary alicyclic amines) is 1. The van der Waals surface area contributed by atoms with Crippen LogP contribution in [0.3, 0.4) is 0 Å². The van der Waals surface area contributed by atoms with Gasteiger partial charge in [0.25, 0.3) is 0 Å². The molecule has 1 aromatic carbocycles. The molecular formula is C19H20FN5. The molecule has 0 amide bonds. The van der Waals surface area contributed by atoms with Crippen molar-refractivity contribution in [2.75, 3.05) is 6.54 Å². The van der Waals surface area contributed by atoms with Gasteiger partial charge in [-0.25, -0.2) is 19.3 Å². The Kier molecular flexibility index (Phi) is 4.28. The topological polar surface area (TPSA) is 57.7 Å². The van der Waals surface area contributed by atoms with Crippen molar-refractivity contribution >= 4 is 0 Å². The molecule has 1 aliphatic heterocycles. The van der Waals surface area contributed by atoms with Crippen LogP contribution in [0, 0.1) is 12.7 Å². The van der Waals surface area contributed by atoms with E-state index in [2.05, 4.69) is 24.8 Å². The van der Waals surface area contributed by atoms with Crippen LogP contribution in [0.15, 0.2) is 42.7 Å². The van der Waals surface area contributed by atoms with Gasteiger partial charge in [0.2, 0.25) is 0 Å². The first-order chi connectivity index (χ1) is 12.2. The third kappa shape index (κ3) is 3.44. The molecule has 1 atom stereocenters. The van der Waals surface area contributed by atoms with E-state index >= 15 is 0 Å². The Bertz CT molecular complexity index is 845. The van der Waals surface area contributed by atoms with Crippen LogP contribution in [0.25, 0.3) is 11.5 Å². The lowest BCUT2D eigenvalue weighted by atomic mass is 10.1. The standard InChI is InChI=1S/C19H20FN5/c1-13-23-16(11-17(24-13)19-21-8-9-22-19)18-3-2-10-25(18)12-14-4-6-15(20)7-5-14/h4-9,11,18H,2-3,10,12H2,1H3,(H,21,22)/t18-/m0/s1. The molecule has 3 aromatic rings. The van der Waals surface area contributed by atoms with Crippen molar-refractivity contribution in [1.29, 1.82) is 0 Å². The zero-order chi connectivity index (χ0) is 17.2. The Hall–Kier alpha value is -2.60. The first-order valence-corrected chi connectivity index (χ1v) is 8.53. The Morgan fingerprint density at radius 2 is 2.08 bits per heavy atom. The summed E-state index contributed by atoms with van der Waals surface area (Å²) in [6.45, 7) is 3.72. The van der Waals surface area contributed by atoms with Crippen molar-refractivity contribution in [2.45, 2.75) is 32.4 Å². The molecule has 2 aromatic heterocycles. The maximum Gasteiger partial charge on any atom is 0.156 e. The minimum Gasteiger partial charge on any atom is -0.343 e. The van der Waals surface area contributed by atoms with Crippen LogP contribution in [0.4, 0.5) is 4.39 Å². The van der Waals surface area contributed by atoms with Gasteiger partial charge in [0.15, 0.2) is 5.82 Å². The number of halogens is 1. The van der Waals surface area contributed by atoms with Crippen molar-refractivity contribution in [2.24, 2.45) is 0 Å². The monoisotopic (exact) mass is 337 g/mol. The van der Waals surface area contributed by atoms with Crippen LogP contribution in [-0.2, 0) is 6.54 Å². The second-order valence-corrected chi connectivity index (χ2v) is 6.42. The summed E-state index contributed by atoms with van der Waals surface area (Å²) in [7, 11) is 0. The molecule has 3 heterocycles. The number of aryl methyl sites for hydroxylation is 1. The maximum atomic E-state index is 13.1. The van der Waals surface area contributed by atoms with Crippen LogP contribution < -0.4 is 0 Å². The number of imidazole rings is 1. The molecule has 0 bridgehead atoms. The Labute approximate surface area is 146 Å². The highest BCUT2D eigenvalue weighted by Gasteiger charge is 2.28. The number of rotatable bonds is 4. The van der Waals surface area contributed by atoms with Gasteiger partial charge in [0.1, 0.15) is 17.3 Å². The Morgan fingerprint density at radius 1 is 1.24 bits per heavy atom. The molecule has 0 unspecified atom stereocenters. The van der Waals surface area contributed by atoms with E-state index in [1.807, 2.05) is 25.1 Å². The van der Waals surface area contributed by atoms with E-state index in [9.17, 15) is 4.39 Å². The average molecular weight is 337 g/mol. The molecule has 5 nitrogen and oxygen atoms in total. The predicted molar refractivity (Wildman–Crippen MR) is 93.1 cm³/mol. The zero-order valence-corrected chi connectivity index (χ0v) is 14.1. The van der Waals surface area contributed by atoms with Crippen molar-refractivity contribution in [3.63, 3.8) is 0 Å². The highest BCUT2D eigenvalue weighted by molar-refractivity contribution is 5.49. The number of hydrogen-bond acceptors (Lipinski definition) is 4. The van der Waals surface area contributed by atoms with Gasteiger partial charge in [0, 0.05) is 18.9 Å². The number of H-pyrrole nitrogens is 1. The fourth-order valence-corrected chi connectivity index (χ4v) is 3.46. The summed E-state index contributed by atoms with van der Waals surface area (Å²) in [6, 6.07) is 9.02. The molecule has 0 radical (unpaired) electrons. The molecule has 0 spiro atoms. The minimum atomic E-state index is -0.198. The van der Waals surface area contributed by atoms with E-state index in [0.29, 0.717) is 0 Å². The van der Waals surface area contributed by atoms with Gasteiger partial charge >= 0.3 is 0 Å². The second kappa shape index (κ2) is 6.72. The lowest BCUT2D eigenvalue weighted by Crippen LogP contribution is -2.24. The van der Waals surface area contributed by atoms with Crippen LogP contribution in [0.5, 0.6) is 0 Å². The van der Waals surface area contributed by atoms with Crippen molar-refractivity contribution in [1.82, 2.24) is 24.8 Å². The van der Waals surface area contributed by atoms with Crippen LogP contribution in [-0.4, -0.2) is 31.4 Å². The third-order valence-corrected chi connectivity index (χ3v) is 4.60. The maximum absolute atomic E-state index is 13.1. The van der Waals surface area contributed by atoms with Crippen LogP contribution in [0.2, 0.25) is 0 Å². The number of nitrogens with one attached hydrogen (secondary N) is 1. The van der Waals surface area contributed by atoms with Crippen LogP contribution >= 0.6 is 0 Å². The van der Waals surface area contributed by atoms with Crippen molar-refractivity contribution in [3.8, 4) is 11.5 Å². The Balaban J connectivity index is 1.60. The quantitative estimate of drug-likeness (QED) is 0.789. The molecule has 0 aliphatic carbocycles. The third-order valence-electron chi connectivity index (χ3n) is 4.60. The molecule has 6 heteroatoms. The molecule has 4 rings (SSSR count). The summed E-state index contributed by atoms with van der Waals surface area (Å²) in [5.41, 5.74) is 2.96. The van der Waals surface area contributed by atoms with Gasteiger partial charge in [-0.2, -0.15) is 0 Å². The summed E-state index contributed by atoms with van der Waals surface area (Å²) < 4.78 is 13.1. The van der Waals surface area contributed by atoms with Crippen molar-refractivity contribution in [3.05, 3.63) is 65.6 Å². The van der Waals surface area contributed by atoms with E-state index < -0.39 is 0 Å². The average Bonchev–Trinajstić information content (AvgIpc) is 3.28. The fourth-order valence-electron chi connectivity index (χ4n) is 3.46. The molecule has 1 fully saturated rings. The molecule has 0 saturated carbocycles. The molecule has 128 valence electrons. The molecule has 1 N–H and O–H groups in total. The lowest BCUT2D eigenvalue weighted by molar-refractivity contribution is 0.244. The van der Waals surface area contributed by atoms with E-state index in [4.69, 9.17) is 0 Å². The summed E-state index contributed by atoms with van der Waals surface area (Å²) in [6.07, 6.45) is 5.71. The largest absolute Gasteiger partial charge is 0.343 e. The number of benzene rings is 1. The highest BCUT2D eigenvalue weighted by Crippen LogP contribution is 2.33. The van der Waals surface area contributed by atoms with E-state index in [-0.39, 0.29) is 11.9 Å². The first-order valence-electron chi connectivity index (χ1n) is 8.53. The summed E-state index contributed by atoms with van der Waals surface area (Å²) >= 11 is 0. The van der Waals surface area contributed by atoms with Gasteiger partial charge in [0.05, 0.1) is 11.7 Å². The molecule has 1 aliphatic rings. The SMILES string of the molecule is Cc1nc(-c2ncc[nH]2)cc([C@@H]2CCCN2Cc2ccc(F)cc2)n1. The summed E-state index contributed by atoms with van der Waals surface area (Å²) in [5, 5.41) is 0. The summed E-state index contributed by atoms with van der Waals surface area (Å²) in [5.74, 6) is 1.31. The van der Waals surface area contributed by atoms with Crippen molar-refractivity contribution < 1.29 is 4.39 Å². The van der Waals surface area contributed by atoms with Gasteiger partial charge < -0.3 is 4.98 Å². The molecule has 25 heavy (non-hydrogen) atoms. The van der Waals surface area contributed by atoms with Crippen LogP contribution in [0.1, 0.15) is 36.0 Å². The lowest BCUT2D eigenvalue weighted by Gasteiger charge is -2.24. The van der Waals surface area contributed by atoms with E-state index in [1.165, 1.54) is 12.1 Å². The van der Waals surface area contributed by atoms with Gasteiger partial charge in [-0.3, -0.25) is 4.90 Å². The van der Waals surface area contributed by atoms with E-state index in [0.717, 1.165) is 54.5 Å². The fraction of sp³-hybridized carbons (Fsp3) is 0.316. The smallest absolute Gasteiger partial charge is 0.156 e. The van der Waals surface area contributed by atoms with Gasteiger partial charge in [-0.1, -0.05) is 12.1 Å². The first kappa shape index (κ1) is 15.9. The minimum absolute atomic E-state index is 0.198. The normalized spacial score (nSPS) is 17.9. The van der Waals surface area contributed by atoms with Gasteiger partial charge in [-0.05, 0) is 50.1 Å². The molecule has 1 saturated heterocycles. The Morgan fingerprint density at radius 3 is 2.84 bits per heavy atom. The molecular weight excluding hydrogens is 317 g/mol. The van der Waals surface area contributed by atoms with Gasteiger partial charge in [-0.15, -0.1) is 0 Å². The second-order valence-electron chi connectivity index (χ2n) is 6.42. The van der Waals surface area contributed by atoms with E-state index in [1.54, 1.807) is 12.4 Å². The number of hydrogen-bond donors (Lipinski definition) is 1. The predicted octanol–water partition coefficient (Wildman–Crippen LogP) is 3.65.